The zero-order valence-electron chi connectivity index (χ0n) is 44.7. The second-order valence-electron chi connectivity index (χ2n) is 20.3. The van der Waals surface area contributed by atoms with Crippen LogP contribution in [0.1, 0.15) is 303 Å². The Balaban J connectivity index is 3.56. The number of hydrogen-bond donors (Lipinski definition) is 5. The molecule has 0 radical (unpaired) electrons. The third-order valence-corrected chi connectivity index (χ3v) is 13.7. The number of allylic oxidation sites excluding steroid dienone is 8. The van der Waals surface area contributed by atoms with Crippen LogP contribution in [-0.4, -0.2) is 57.3 Å². The zero-order chi connectivity index (χ0) is 48.8. The van der Waals surface area contributed by atoms with Crippen LogP contribution >= 0.6 is 0 Å². The summed E-state index contributed by atoms with van der Waals surface area (Å²) in [6.45, 7) is 4.01. The fourth-order valence-electron chi connectivity index (χ4n) is 9.07. The SMILES string of the molecule is CCCC/C=C/CC/C=C/CC/C=C/CCCC(O)C(O)C(CO)NC(=O)C(O)CCCCCCCCCCCCCCCCCC/C=C\CCCCCCCCCCCCCCCCCC. The van der Waals surface area contributed by atoms with Gasteiger partial charge < -0.3 is 25.7 Å². The standard InChI is InChI=1S/C61H115NO5/c1-3-5-7-9-11-13-15-17-19-20-21-22-23-24-25-26-27-28-29-30-31-32-33-34-35-36-37-38-39-41-43-45-47-49-51-53-55-59(65)61(67)62-57(56-63)60(66)58(64)54-52-50-48-46-44-42-40-18-16-14-12-10-8-6-4-2/h10,12,18,28-29,40,46,48,57-60,63-66H,3-9,11,13-17,19-27,30-39,41-45,47,49-56H2,1-2H3,(H,62,67)/b12-10+,29-28-,40-18+,48-46+. The predicted octanol–water partition coefficient (Wildman–Crippen LogP) is 17.4. The van der Waals surface area contributed by atoms with E-state index in [0.29, 0.717) is 19.3 Å². The van der Waals surface area contributed by atoms with E-state index in [0.717, 1.165) is 51.4 Å². The number of amides is 1. The summed E-state index contributed by atoms with van der Waals surface area (Å²) in [6, 6.07) is -1.01. The summed E-state index contributed by atoms with van der Waals surface area (Å²) < 4.78 is 0. The highest BCUT2D eigenvalue weighted by molar-refractivity contribution is 5.80. The molecule has 0 aromatic rings. The van der Waals surface area contributed by atoms with E-state index >= 15 is 0 Å². The van der Waals surface area contributed by atoms with Gasteiger partial charge in [0.2, 0.25) is 5.91 Å². The summed E-state index contributed by atoms with van der Waals surface area (Å²) in [5, 5.41) is 43.8. The van der Waals surface area contributed by atoms with Crippen LogP contribution in [0.25, 0.3) is 0 Å². The number of rotatable bonds is 54. The van der Waals surface area contributed by atoms with E-state index in [9.17, 15) is 25.2 Å². The third-order valence-electron chi connectivity index (χ3n) is 13.7. The molecule has 0 aromatic carbocycles. The second-order valence-corrected chi connectivity index (χ2v) is 20.3. The molecule has 0 aromatic heterocycles. The Labute approximate surface area is 417 Å². The van der Waals surface area contributed by atoms with Gasteiger partial charge in [-0.2, -0.15) is 0 Å². The lowest BCUT2D eigenvalue weighted by atomic mass is 10.00. The Morgan fingerprint density at radius 3 is 0.985 bits per heavy atom. The van der Waals surface area contributed by atoms with E-state index in [4.69, 9.17) is 0 Å². The average molecular weight is 943 g/mol. The normalized spacial score (nSPS) is 14.1. The van der Waals surface area contributed by atoms with Crippen LogP contribution in [0.3, 0.4) is 0 Å². The third kappa shape index (κ3) is 49.1. The van der Waals surface area contributed by atoms with Gasteiger partial charge >= 0.3 is 0 Å². The van der Waals surface area contributed by atoms with Gasteiger partial charge in [-0.3, -0.25) is 4.79 Å². The second kappa shape index (κ2) is 55.2. The molecular formula is C61H115NO5. The Hall–Kier alpha value is -1.73. The van der Waals surface area contributed by atoms with Gasteiger partial charge in [0.05, 0.1) is 18.8 Å². The molecule has 0 aliphatic heterocycles. The molecule has 394 valence electrons. The topological polar surface area (TPSA) is 110 Å². The van der Waals surface area contributed by atoms with Crippen molar-refractivity contribution in [2.45, 2.75) is 327 Å². The largest absolute Gasteiger partial charge is 0.394 e. The molecule has 4 unspecified atom stereocenters. The summed E-state index contributed by atoms with van der Waals surface area (Å²) in [6.07, 6.45) is 70.7. The number of aliphatic hydroxyl groups is 4. The molecule has 0 saturated heterocycles. The van der Waals surface area contributed by atoms with Gasteiger partial charge in [-0.1, -0.05) is 268 Å². The Morgan fingerprint density at radius 1 is 0.358 bits per heavy atom. The van der Waals surface area contributed by atoms with Crippen LogP contribution in [-0.2, 0) is 4.79 Å². The molecule has 0 bridgehead atoms. The molecule has 0 heterocycles. The molecule has 0 aliphatic rings. The van der Waals surface area contributed by atoms with Crippen molar-refractivity contribution in [1.82, 2.24) is 5.32 Å². The van der Waals surface area contributed by atoms with Crippen molar-refractivity contribution in [2.75, 3.05) is 6.61 Å². The molecule has 0 spiro atoms. The van der Waals surface area contributed by atoms with E-state index in [1.807, 2.05) is 0 Å². The summed E-state index contributed by atoms with van der Waals surface area (Å²) in [4.78, 5) is 12.6. The van der Waals surface area contributed by atoms with Crippen LogP contribution in [0, 0.1) is 0 Å². The Morgan fingerprint density at radius 2 is 0.642 bits per heavy atom. The zero-order valence-corrected chi connectivity index (χ0v) is 44.7. The molecular weight excluding hydrogens is 827 g/mol. The van der Waals surface area contributed by atoms with Gasteiger partial charge in [0.1, 0.15) is 12.2 Å². The van der Waals surface area contributed by atoms with E-state index in [1.54, 1.807) is 0 Å². The summed E-state index contributed by atoms with van der Waals surface area (Å²) in [5.41, 5.74) is 0. The summed E-state index contributed by atoms with van der Waals surface area (Å²) in [7, 11) is 0. The maximum absolute atomic E-state index is 12.6. The first-order valence-electron chi connectivity index (χ1n) is 29.5. The Kier molecular flexibility index (Phi) is 53.8. The van der Waals surface area contributed by atoms with Crippen LogP contribution < -0.4 is 5.32 Å². The first-order valence-corrected chi connectivity index (χ1v) is 29.5. The Bertz CT molecular complexity index is 1100. The number of carbonyl (C=O) groups excluding carboxylic acids is 1. The highest BCUT2D eigenvalue weighted by Crippen LogP contribution is 2.17. The number of carbonyl (C=O) groups is 1. The van der Waals surface area contributed by atoms with E-state index in [-0.39, 0.29) is 0 Å². The van der Waals surface area contributed by atoms with Crippen LogP contribution in [0.5, 0.6) is 0 Å². The van der Waals surface area contributed by atoms with Gasteiger partial charge in [-0.25, -0.2) is 0 Å². The lowest BCUT2D eigenvalue weighted by Gasteiger charge is -2.27. The lowest BCUT2D eigenvalue weighted by molar-refractivity contribution is -0.132. The maximum atomic E-state index is 12.6. The minimum absolute atomic E-state index is 0.359. The van der Waals surface area contributed by atoms with Crippen molar-refractivity contribution >= 4 is 5.91 Å². The number of hydrogen-bond acceptors (Lipinski definition) is 5. The predicted molar refractivity (Wildman–Crippen MR) is 293 cm³/mol. The number of unbranched alkanes of at least 4 members (excludes halogenated alkanes) is 37. The molecule has 0 saturated carbocycles. The summed E-state index contributed by atoms with van der Waals surface area (Å²) >= 11 is 0. The molecule has 0 fully saturated rings. The monoisotopic (exact) mass is 942 g/mol. The highest BCUT2D eigenvalue weighted by atomic mass is 16.3. The molecule has 1 amide bonds. The number of nitrogens with one attached hydrogen (secondary N) is 1. The maximum Gasteiger partial charge on any atom is 0.249 e. The van der Waals surface area contributed by atoms with Crippen LogP contribution in [0.2, 0.25) is 0 Å². The van der Waals surface area contributed by atoms with Crippen LogP contribution in [0.4, 0.5) is 0 Å². The molecule has 0 rings (SSSR count). The minimum atomic E-state index is -1.29. The highest BCUT2D eigenvalue weighted by Gasteiger charge is 2.28. The fraction of sp³-hybridized carbons (Fsp3) is 0.852. The van der Waals surface area contributed by atoms with Gasteiger partial charge in [-0.15, -0.1) is 0 Å². The van der Waals surface area contributed by atoms with Crippen LogP contribution in [0.15, 0.2) is 48.6 Å². The van der Waals surface area contributed by atoms with Gasteiger partial charge in [0.15, 0.2) is 0 Å². The van der Waals surface area contributed by atoms with Crippen molar-refractivity contribution in [3.05, 3.63) is 48.6 Å². The molecule has 6 heteroatoms. The molecule has 4 atom stereocenters. The van der Waals surface area contributed by atoms with Crippen molar-refractivity contribution in [2.24, 2.45) is 0 Å². The summed E-state index contributed by atoms with van der Waals surface area (Å²) in [5.74, 6) is -0.598. The lowest BCUT2D eigenvalue weighted by Crippen LogP contribution is -2.53. The molecule has 0 aliphatic carbocycles. The van der Waals surface area contributed by atoms with Gasteiger partial charge in [-0.05, 0) is 83.5 Å². The van der Waals surface area contributed by atoms with E-state index in [1.165, 1.54) is 218 Å². The molecule has 6 nitrogen and oxygen atoms in total. The quantitative estimate of drug-likeness (QED) is 0.0308. The van der Waals surface area contributed by atoms with Gasteiger partial charge in [0, 0.05) is 0 Å². The fourth-order valence-corrected chi connectivity index (χ4v) is 9.07. The van der Waals surface area contributed by atoms with Gasteiger partial charge in [0.25, 0.3) is 0 Å². The smallest absolute Gasteiger partial charge is 0.249 e. The van der Waals surface area contributed by atoms with Crippen molar-refractivity contribution < 1.29 is 25.2 Å². The molecule has 5 N–H and O–H groups in total. The first-order chi connectivity index (χ1) is 33.0. The minimum Gasteiger partial charge on any atom is -0.394 e. The first kappa shape index (κ1) is 65.3. The van der Waals surface area contributed by atoms with Crippen molar-refractivity contribution in [3.8, 4) is 0 Å². The average Bonchev–Trinajstić information content (AvgIpc) is 3.33. The van der Waals surface area contributed by atoms with E-state index in [2.05, 4.69) is 67.8 Å². The number of aliphatic hydroxyl groups excluding tert-OH is 4. The van der Waals surface area contributed by atoms with Crippen molar-refractivity contribution in [1.29, 1.82) is 0 Å². The van der Waals surface area contributed by atoms with Crippen molar-refractivity contribution in [3.63, 3.8) is 0 Å². The molecule has 67 heavy (non-hydrogen) atoms. The van der Waals surface area contributed by atoms with E-state index < -0.39 is 36.9 Å².